The summed E-state index contributed by atoms with van der Waals surface area (Å²) in [6.07, 6.45) is 0. The highest BCUT2D eigenvalue weighted by Gasteiger charge is 2.23. The summed E-state index contributed by atoms with van der Waals surface area (Å²) in [6, 6.07) is 9.94. The van der Waals surface area contributed by atoms with E-state index >= 15 is 0 Å². The third-order valence-electron chi connectivity index (χ3n) is 4.40. The molecule has 0 aliphatic carbocycles. The number of nitrogens with one attached hydrogen (secondary N) is 1. The Balaban J connectivity index is 1.94. The summed E-state index contributed by atoms with van der Waals surface area (Å²) in [4.78, 5) is 25.7. The van der Waals surface area contributed by atoms with Gasteiger partial charge in [-0.15, -0.1) is 0 Å². The van der Waals surface area contributed by atoms with Crippen LogP contribution in [0.3, 0.4) is 0 Å². The van der Waals surface area contributed by atoms with Crippen LogP contribution in [-0.4, -0.2) is 44.2 Å². The number of nitro groups is 1. The molecule has 0 radical (unpaired) electrons. The van der Waals surface area contributed by atoms with Crippen LogP contribution in [0.5, 0.6) is 5.75 Å². The summed E-state index contributed by atoms with van der Waals surface area (Å²) in [6.45, 7) is 4.39. The van der Waals surface area contributed by atoms with Gasteiger partial charge in [-0.2, -0.15) is 0 Å². The quantitative estimate of drug-likeness (QED) is 0.641. The number of anilines is 2. The van der Waals surface area contributed by atoms with Gasteiger partial charge >= 0.3 is 0 Å². The molecular weight excluding hydrogens is 350 g/mol. The number of morpholine rings is 1. The van der Waals surface area contributed by atoms with E-state index in [-0.39, 0.29) is 11.3 Å². The van der Waals surface area contributed by atoms with Gasteiger partial charge in [0.15, 0.2) is 0 Å². The third-order valence-corrected chi connectivity index (χ3v) is 4.40. The third kappa shape index (κ3) is 4.17. The fourth-order valence-electron chi connectivity index (χ4n) is 2.99. The first-order valence-corrected chi connectivity index (χ1v) is 8.56. The van der Waals surface area contributed by atoms with Crippen molar-refractivity contribution in [2.24, 2.45) is 0 Å². The maximum absolute atomic E-state index is 12.8. The van der Waals surface area contributed by atoms with E-state index in [9.17, 15) is 14.9 Å². The Kier molecular flexibility index (Phi) is 5.56. The number of carbonyl (C=O) groups excluding carboxylic acids is 1. The summed E-state index contributed by atoms with van der Waals surface area (Å²) in [7, 11) is 1.50. The molecule has 2 aromatic rings. The lowest BCUT2D eigenvalue weighted by molar-refractivity contribution is -0.385. The second kappa shape index (κ2) is 8.05. The van der Waals surface area contributed by atoms with Crippen molar-refractivity contribution in [2.45, 2.75) is 6.92 Å². The Morgan fingerprint density at radius 3 is 2.63 bits per heavy atom. The molecule has 1 heterocycles. The van der Waals surface area contributed by atoms with E-state index in [1.165, 1.54) is 13.2 Å². The molecule has 2 aromatic carbocycles. The molecule has 0 spiro atoms. The largest absolute Gasteiger partial charge is 0.495 e. The molecule has 0 aromatic heterocycles. The average Bonchev–Trinajstić information content (AvgIpc) is 2.68. The minimum atomic E-state index is -0.555. The second-order valence-electron chi connectivity index (χ2n) is 6.22. The molecule has 27 heavy (non-hydrogen) atoms. The molecule has 1 N–H and O–H groups in total. The Hall–Kier alpha value is -3.13. The van der Waals surface area contributed by atoms with Gasteiger partial charge in [0.2, 0.25) is 0 Å². The molecule has 0 saturated carbocycles. The van der Waals surface area contributed by atoms with Crippen molar-refractivity contribution in [2.75, 3.05) is 43.6 Å². The van der Waals surface area contributed by atoms with E-state index in [0.717, 1.165) is 11.3 Å². The summed E-state index contributed by atoms with van der Waals surface area (Å²) >= 11 is 0. The van der Waals surface area contributed by atoms with Crippen LogP contribution >= 0.6 is 0 Å². The zero-order chi connectivity index (χ0) is 19.4. The van der Waals surface area contributed by atoms with Crippen LogP contribution < -0.4 is 15.0 Å². The molecule has 0 atom stereocenters. The van der Waals surface area contributed by atoms with Crippen LogP contribution in [0.4, 0.5) is 17.1 Å². The van der Waals surface area contributed by atoms with Gasteiger partial charge in [0.25, 0.3) is 11.6 Å². The van der Waals surface area contributed by atoms with Gasteiger partial charge in [0.05, 0.1) is 30.9 Å². The lowest BCUT2D eigenvalue weighted by atomic mass is 10.1. The first kappa shape index (κ1) is 18.7. The zero-order valence-electron chi connectivity index (χ0n) is 15.2. The van der Waals surface area contributed by atoms with Crippen molar-refractivity contribution in [3.05, 3.63) is 57.6 Å². The topological polar surface area (TPSA) is 93.9 Å². The SMILES string of the molecule is COc1ccc(C)cc1NC(=O)c1cc(N2CCOCC2)ccc1[N+](=O)[O-]. The number of nitro benzene ring substituents is 1. The molecule has 1 fully saturated rings. The number of hydrogen-bond donors (Lipinski definition) is 1. The highest BCUT2D eigenvalue weighted by molar-refractivity contribution is 6.08. The van der Waals surface area contributed by atoms with E-state index in [2.05, 4.69) is 5.32 Å². The number of carbonyl (C=O) groups is 1. The monoisotopic (exact) mass is 371 g/mol. The van der Waals surface area contributed by atoms with Gasteiger partial charge < -0.3 is 19.7 Å². The number of nitrogens with zero attached hydrogens (tertiary/aromatic N) is 2. The Morgan fingerprint density at radius 2 is 1.96 bits per heavy atom. The number of ether oxygens (including phenoxy) is 2. The Morgan fingerprint density at radius 1 is 1.22 bits per heavy atom. The minimum absolute atomic E-state index is 0.00699. The van der Waals surface area contributed by atoms with Crippen molar-refractivity contribution in [1.82, 2.24) is 0 Å². The summed E-state index contributed by atoms with van der Waals surface area (Å²) < 4.78 is 10.6. The van der Waals surface area contributed by atoms with Crippen LogP contribution in [0, 0.1) is 17.0 Å². The normalized spacial score (nSPS) is 13.9. The lowest BCUT2D eigenvalue weighted by Gasteiger charge is -2.29. The zero-order valence-corrected chi connectivity index (χ0v) is 15.2. The van der Waals surface area contributed by atoms with E-state index in [4.69, 9.17) is 9.47 Å². The number of aryl methyl sites for hydroxylation is 1. The molecule has 1 aliphatic heterocycles. The molecule has 1 amide bonds. The molecule has 1 saturated heterocycles. The predicted molar refractivity (Wildman–Crippen MR) is 102 cm³/mol. The van der Waals surface area contributed by atoms with Crippen molar-refractivity contribution in [3.63, 3.8) is 0 Å². The van der Waals surface area contributed by atoms with E-state index in [1.54, 1.807) is 24.3 Å². The average molecular weight is 371 g/mol. The van der Waals surface area contributed by atoms with Crippen LogP contribution in [0.25, 0.3) is 0 Å². The molecule has 8 heteroatoms. The highest BCUT2D eigenvalue weighted by Crippen LogP contribution is 2.29. The van der Waals surface area contributed by atoms with Crippen molar-refractivity contribution < 1.29 is 19.2 Å². The molecule has 0 unspecified atom stereocenters. The number of benzene rings is 2. The number of methoxy groups -OCH3 is 1. The molecule has 0 bridgehead atoms. The summed E-state index contributed by atoms with van der Waals surface area (Å²) in [5, 5.41) is 14.1. The number of hydrogen-bond acceptors (Lipinski definition) is 6. The van der Waals surface area contributed by atoms with Gasteiger partial charge in [-0.3, -0.25) is 14.9 Å². The van der Waals surface area contributed by atoms with Crippen LogP contribution in [-0.2, 0) is 4.74 Å². The maximum Gasteiger partial charge on any atom is 0.282 e. The van der Waals surface area contributed by atoms with Gasteiger partial charge in [-0.1, -0.05) is 6.07 Å². The first-order valence-electron chi connectivity index (χ1n) is 8.56. The molecule has 1 aliphatic rings. The first-order chi connectivity index (χ1) is 13.0. The van der Waals surface area contributed by atoms with Crippen molar-refractivity contribution in [3.8, 4) is 5.75 Å². The van der Waals surface area contributed by atoms with Gasteiger partial charge in [0.1, 0.15) is 11.3 Å². The predicted octanol–water partition coefficient (Wildman–Crippen LogP) is 3.00. The molecule has 142 valence electrons. The van der Waals surface area contributed by atoms with E-state index in [0.29, 0.717) is 37.7 Å². The molecular formula is C19H21N3O5. The summed E-state index contributed by atoms with van der Waals surface area (Å²) in [5.74, 6) is -0.0679. The second-order valence-corrected chi connectivity index (χ2v) is 6.22. The van der Waals surface area contributed by atoms with E-state index in [1.807, 2.05) is 17.9 Å². The fourth-order valence-corrected chi connectivity index (χ4v) is 2.99. The van der Waals surface area contributed by atoms with Crippen LogP contribution in [0.15, 0.2) is 36.4 Å². The molecule has 3 rings (SSSR count). The Bertz CT molecular complexity index is 862. The van der Waals surface area contributed by atoms with Gasteiger partial charge in [-0.25, -0.2) is 0 Å². The summed E-state index contributed by atoms with van der Waals surface area (Å²) in [5.41, 5.74) is 1.92. The van der Waals surface area contributed by atoms with Crippen molar-refractivity contribution >= 4 is 23.0 Å². The maximum atomic E-state index is 12.8. The minimum Gasteiger partial charge on any atom is -0.495 e. The standard InChI is InChI=1S/C19H21N3O5/c1-13-3-6-18(26-2)16(11-13)20-19(23)15-12-14(4-5-17(15)22(24)25)21-7-9-27-10-8-21/h3-6,11-12H,7-10H2,1-2H3,(H,20,23). The molecule has 8 nitrogen and oxygen atoms in total. The lowest BCUT2D eigenvalue weighted by Crippen LogP contribution is -2.36. The highest BCUT2D eigenvalue weighted by atomic mass is 16.6. The Labute approximate surface area is 156 Å². The van der Waals surface area contributed by atoms with Gasteiger partial charge in [-0.05, 0) is 36.8 Å². The number of amides is 1. The van der Waals surface area contributed by atoms with Crippen molar-refractivity contribution in [1.29, 1.82) is 0 Å². The van der Waals surface area contributed by atoms with E-state index < -0.39 is 10.8 Å². The number of rotatable bonds is 5. The smallest absolute Gasteiger partial charge is 0.282 e. The fraction of sp³-hybridized carbons (Fsp3) is 0.316. The van der Waals surface area contributed by atoms with Crippen LogP contribution in [0.2, 0.25) is 0 Å². The van der Waals surface area contributed by atoms with Gasteiger partial charge in [0, 0.05) is 24.8 Å². The van der Waals surface area contributed by atoms with Crippen LogP contribution in [0.1, 0.15) is 15.9 Å².